The molecule has 1 heterocycles. The number of hydrogen-bond donors (Lipinski definition) is 2. The molecule has 0 spiro atoms. The van der Waals surface area contributed by atoms with Crippen LogP contribution in [-0.4, -0.2) is 25.2 Å². The summed E-state index contributed by atoms with van der Waals surface area (Å²) in [5.74, 6) is 0. The molecule has 1 atom stereocenters. The van der Waals surface area contributed by atoms with E-state index >= 15 is 0 Å². The first-order valence-electron chi connectivity index (χ1n) is 8.47. The molecular weight excluding hydrogens is 343 g/mol. The fourth-order valence-electron chi connectivity index (χ4n) is 3.14. The topological polar surface area (TPSA) is 44.4 Å². The monoisotopic (exact) mass is 363 g/mol. The largest absolute Gasteiger partial charge is 0.416 e. The van der Waals surface area contributed by atoms with E-state index in [0.29, 0.717) is 12.2 Å². The minimum atomic E-state index is -4.38. The van der Waals surface area contributed by atoms with Gasteiger partial charge in [0.05, 0.1) is 5.56 Å². The summed E-state index contributed by atoms with van der Waals surface area (Å²) in [6, 6.07) is 14.2. The molecule has 1 fully saturated rings. The number of carbonyl (C=O) groups excluding carboxylic acids is 1. The van der Waals surface area contributed by atoms with Gasteiger partial charge >= 0.3 is 12.2 Å². The Morgan fingerprint density at radius 1 is 1.08 bits per heavy atom. The predicted octanol–water partition coefficient (Wildman–Crippen LogP) is 4.50. The highest BCUT2D eigenvalue weighted by atomic mass is 19.4. The Hall–Kier alpha value is -2.70. The van der Waals surface area contributed by atoms with Crippen molar-refractivity contribution in [3.05, 3.63) is 60.2 Å². The second kappa shape index (κ2) is 7.68. The summed E-state index contributed by atoms with van der Waals surface area (Å²) in [5.41, 5.74) is 0.703. The Morgan fingerprint density at radius 3 is 2.42 bits per heavy atom. The highest BCUT2D eigenvalue weighted by Gasteiger charge is 2.30. The number of carbonyl (C=O) groups is 1. The van der Waals surface area contributed by atoms with E-state index in [1.54, 1.807) is 0 Å². The van der Waals surface area contributed by atoms with Gasteiger partial charge in [0.2, 0.25) is 0 Å². The lowest BCUT2D eigenvalue weighted by atomic mass is 10.2. The van der Waals surface area contributed by atoms with Crippen LogP contribution in [0.25, 0.3) is 0 Å². The van der Waals surface area contributed by atoms with Gasteiger partial charge in [0.25, 0.3) is 0 Å². The molecule has 0 aromatic heterocycles. The van der Waals surface area contributed by atoms with Gasteiger partial charge in [-0.15, -0.1) is 0 Å². The molecule has 2 aromatic carbocycles. The number of urea groups is 1. The van der Waals surface area contributed by atoms with Crippen molar-refractivity contribution in [1.29, 1.82) is 0 Å². The number of nitrogens with one attached hydrogen (secondary N) is 2. The zero-order valence-corrected chi connectivity index (χ0v) is 14.1. The Bertz CT molecular complexity index is 732. The summed E-state index contributed by atoms with van der Waals surface area (Å²) in [5, 5.41) is 5.37. The summed E-state index contributed by atoms with van der Waals surface area (Å²) in [7, 11) is 0. The standard InChI is InChI=1S/C19H20F3N3O/c20-19(21,22)14-8-10-15(11-9-14)24-18(26)23-13-17-7-4-12-25(17)16-5-2-1-3-6-16/h1-3,5-6,8-11,17H,4,7,12-13H2,(H2,23,24,26). The lowest BCUT2D eigenvalue weighted by Gasteiger charge is -2.27. The second-order valence-electron chi connectivity index (χ2n) is 6.24. The van der Waals surface area contributed by atoms with Crippen LogP contribution in [0, 0.1) is 0 Å². The number of rotatable bonds is 4. The molecule has 7 heteroatoms. The van der Waals surface area contributed by atoms with Crippen molar-refractivity contribution in [3.63, 3.8) is 0 Å². The van der Waals surface area contributed by atoms with Gasteiger partial charge in [-0.05, 0) is 49.2 Å². The van der Waals surface area contributed by atoms with E-state index in [4.69, 9.17) is 0 Å². The van der Waals surface area contributed by atoms with E-state index in [1.807, 2.05) is 30.3 Å². The van der Waals surface area contributed by atoms with Gasteiger partial charge in [-0.25, -0.2) is 4.79 Å². The van der Waals surface area contributed by atoms with Gasteiger partial charge in [0.15, 0.2) is 0 Å². The molecule has 2 amide bonds. The molecule has 2 aromatic rings. The fourth-order valence-corrected chi connectivity index (χ4v) is 3.14. The number of nitrogens with zero attached hydrogens (tertiary/aromatic N) is 1. The quantitative estimate of drug-likeness (QED) is 0.840. The second-order valence-corrected chi connectivity index (χ2v) is 6.24. The third kappa shape index (κ3) is 4.47. The van der Waals surface area contributed by atoms with Crippen molar-refractivity contribution in [2.45, 2.75) is 25.1 Å². The lowest BCUT2D eigenvalue weighted by Crippen LogP contribution is -2.41. The summed E-state index contributed by atoms with van der Waals surface area (Å²) in [4.78, 5) is 14.3. The van der Waals surface area contributed by atoms with E-state index < -0.39 is 17.8 Å². The molecule has 0 radical (unpaired) electrons. The maximum atomic E-state index is 12.5. The third-order valence-corrected chi connectivity index (χ3v) is 4.43. The van der Waals surface area contributed by atoms with Crippen LogP contribution in [0.2, 0.25) is 0 Å². The maximum absolute atomic E-state index is 12.5. The van der Waals surface area contributed by atoms with Gasteiger partial charge in [0.1, 0.15) is 0 Å². The van der Waals surface area contributed by atoms with Crippen molar-refractivity contribution in [1.82, 2.24) is 5.32 Å². The average molecular weight is 363 g/mol. The zero-order valence-electron chi connectivity index (χ0n) is 14.1. The number of anilines is 2. The van der Waals surface area contributed by atoms with Crippen molar-refractivity contribution >= 4 is 17.4 Å². The van der Waals surface area contributed by atoms with Crippen LogP contribution in [0.15, 0.2) is 54.6 Å². The molecule has 0 bridgehead atoms. The molecule has 1 aliphatic heterocycles. The smallest absolute Gasteiger partial charge is 0.367 e. The summed E-state index contributed by atoms with van der Waals surface area (Å²) in [6.07, 6.45) is -2.35. The Kier molecular flexibility index (Phi) is 5.35. The molecule has 4 nitrogen and oxygen atoms in total. The number of hydrogen-bond acceptors (Lipinski definition) is 2. The van der Waals surface area contributed by atoms with Crippen LogP contribution < -0.4 is 15.5 Å². The third-order valence-electron chi connectivity index (χ3n) is 4.43. The SMILES string of the molecule is O=C(NCC1CCCN1c1ccccc1)Nc1ccc(C(F)(F)F)cc1. The van der Waals surface area contributed by atoms with Crippen molar-refractivity contribution in [3.8, 4) is 0 Å². The van der Waals surface area contributed by atoms with Gasteiger partial charge in [-0.2, -0.15) is 13.2 Å². The van der Waals surface area contributed by atoms with Crippen LogP contribution in [0.5, 0.6) is 0 Å². The van der Waals surface area contributed by atoms with Crippen LogP contribution >= 0.6 is 0 Å². The zero-order chi connectivity index (χ0) is 18.6. The molecule has 2 N–H and O–H groups in total. The summed E-state index contributed by atoms with van der Waals surface area (Å²) >= 11 is 0. The first-order valence-corrected chi connectivity index (χ1v) is 8.47. The number of halogens is 3. The number of benzene rings is 2. The number of amides is 2. The van der Waals surface area contributed by atoms with E-state index in [1.165, 1.54) is 12.1 Å². The minimum absolute atomic E-state index is 0.204. The molecule has 1 aliphatic rings. The highest BCUT2D eigenvalue weighted by molar-refractivity contribution is 5.89. The molecule has 3 rings (SSSR count). The van der Waals surface area contributed by atoms with Crippen molar-refractivity contribution in [2.24, 2.45) is 0 Å². The van der Waals surface area contributed by atoms with Crippen molar-refractivity contribution < 1.29 is 18.0 Å². The number of para-hydroxylation sites is 1. The van der Waals surface area contributed by atoms with Gasteiger partial charge in [0, 0.05) is 30.5 Å². The minimum Gasteiger partial charge on any atom is -0.367 e. The highest BCUT2D eigenvalue weighted by Crippen LogP contribution is 2.29. The Labute approximate surface area is 150 Å². The van der Waals surface area contributed by atoms with E-state index in [9.17, 15) is 18.0 Å². The van der Waals surface area contributed by atoms with Crippen LogP contribution in [0.1, 0.15) is 18.4 Å². The normalized spacial score (nSPS) is 17.2. The molecule has 1 saturated heterocycles. The average Bonchev–Trinajstić information content (AvgIpc) is 3.09. The fraction of sp³-hybridized carbons (Fsp3) is 0.316. The number of alkyl halides is 3. The lowest BCUT2D eigenvalue weighted by molar-refractivity contribution is -0.137. The van der Waals surface area contributed by atoms with Gasteiger partial charge in [-0.1, -0.05) is 18.2 Å². The summed E-state index contributed by atoms with van der Waals surface area (Å²) in [6.45, 7) is 1.41. The Morgan fingerprint density at radius 2 is 1.77 bits per heavy atom. The first-order chi connectivity index (χ1) is 12.4. The van der Waals surface area contributed by atoms with Gasteiger partial charge < -0.3 is 15.5 Å². The predicted molar refractivity (Wildman–Crippen MR) is 95.3 cm³/mol. The molecule has 138 valence electrons. The van der Waals surface area contributed by atoms with E-state index in [2.05, 4.69) is 15.5 Å². The maximum Gasteiger partial charge on any atom is 0.416 e. The van der Waals surface area contributed by atoms with Crippen LogP contribution in [0.4, 0.5) is 29.3 Å². The van der Waals surface area contributed by atoms with E-state index in [-0.39, 0.29) is 6.04 Å². The Balaban J connectivity index is 1.52. The molecular formula is C19H20F3N3O. The van der Waals surface area contributed by atoms with Crippen LogP contribution in [-0.2, 0) is 6.18 Å². The summed E-state index contributed by atoms with van der Waals surface area (Å²) < 4.78 is 37.6. The van der Waals surface area contributed by atoms with E-state index in [0.717, 1.165) is 37.2 Å². The van der Waals surface area contributed by atoms with Crippen LogP contribution in [0.3, 0.4) is 0 Å². The van der Waals surface area contributed by atoms with Crippen molar-refractivity contribution in [2.75, 3.05) is 23.3 Å². The van der Waals surface area contributed by atoms with Gasteiger partial charge in [-0.3, -0.25) is 0 Å². The molecule has 0 saturated carbocycles. The molecule has 26 heavy (non-hydrogen) atoms. The molecule has 1 unspecified atom stereocenters. The first kappa shape index (κ1) is 18.1. The molecule has 0 aliphatic carbocycles.